The number of aliphatic hydroxyl groups excluding tert-OH is 1. The van der Waals surface area contributed by atoms with Gasteiger partial charge in [0.2, 0.25) is 0 Å². The largest absolute Gasteiger partial charge is 2.00 e. The van der Waals surface area contributed by atoms with Crippen LogP contribution in [0.4, 0.5) is 0 Å². The van der Waals surface area contributed by atoms with Crippen LogP contribution >= 0.6 is 0 Å². The summed E-state index contributed by atoms with van der Waals surface area (Å²) in [5, 5.41) is 16.3. The van der Waals surface area contributed by atoms with Crippen molar-refractivity contribution in [3.05, 3.63) is 0 Å². The molecule has 0 saturated heterocycles. The van der Waals surface area contributed by atoms with Crippen LogP contribution in [-0.2, 0) is 4.79 Å². The van der Waals surface area contributed by atoms with Crippen molar-refractivity contribution in [2.45, 2.75) is 19.4 Å². The molecular formula is C4H12CaMgO3. The van der Waals surface area contributed by atoms with Crippen LogP contribution in [0, 0.1) is 0 Å². The number of rotatable bonds is 2. The van der Waals surface area contributed by atoms with Crippen molar-refractivity contribution in [2.24, 2.45) is 0 Å². The minimum atomic E-state index is -0.963. The van der Waals surface area contributed by atoms with E-state index in [9.17, 15) is 4.79 Å². The first-order valence-corrected chi connectivity index (χ1v) is 2.03. The molecule has 0 spiro atoms. The van der Waals surface area contributed by atoms with Crippen molar-refractivity contribution in [3.63, 3.8) is 0 Å². The fourth-order valence-electron chi connectivity index (χ4n) is 0.253. The second-order valence-electron chi connectivity index (χ2n) is 1.45. The molecule has 0 aromatic rings. The van der Waals surface area contributed by atoms with E-state index in [0.717, 1.165) is 0 Å². The van der Waals surface area contributed by atoms with Crippen LogP contribution in [0.25, 0.3) is 0 Å². The van der Waals surface area contributed by atoms with Crippen molar-refractivity contribution in [2.75, 3.05) is 0 Å². The summed E-state index contributed by atoms with van der Waals surface area (Å²) in [6.45, 7) is 1.44. The first-order valence-electron chi connectivity index (χ1n) is 2.03. The number of carbonyl (C=O) groups is 1. The zero-order chi connectivity index (χ0) is 5.86. The maximum atomic E-state index is 9.65. The average molecular weight is 173 g/mol. The number of hydrogen-bond donors (Lipinski definition) is 2. The van der Waals surface area contributed by atoms with Gasteiger partial charge in [0.05, 0.1) is 12.5 Å². The monoisotopic (exact) mass is 172 g/mol. The smallest absolute Gasteiger partial charge is 1.00 e. The van der Waals surface area contributed by atoms with E-state index in [4.69, 9.17) is 10.2 Å². The Hall–Kier alpha value is 1.46. The van der Waals surface area contributed by atoms with Gasteiger partial charge in [-0.1, -0.05) is 0 Å². The SMILES string of the molecule is CC(O)CC(=O)O.[Ca+2].[H-].[H-].[H-].[H-].[Mg+2]. The molecule has 0 fully saturated rings. The van der Waals surface area contributed by atoms with Crippen molar-refractivity contribution >= 4 is 66.8 Å². The molecule has 0 aliphatic rings. The van der Waals surface area contributed by atoms with Crippen molar-refractivity contribution in [3.8, 4) is 0 Å². The molecule has 5 heteroatoms. The van der Waals surface area contributed by atoms with Gasteiger partial charge in [0.15, 0.2) is 0 Å². The molecule has 3 nitrogen and oxygen atoms in total. The molecular weight excluding hydrogens is 160 g/mol. The Morgan fingerprint density at radius 2 is 2.11 bits per heavy atom. The van der Waals surface area contributed by atoms with E-state index >= 15 is 0 Å². The topological polar surface area (TPSA) is 57.5 Å². The summed E-state index contributed by atoms with van der Waals surface area (Å²) in [4.78, 5) is 9.65. The van der Waals surface area contributed by atoms with Crippen LogP contribution in [0.5, 0.6) is 0 Å². The predicted molar refractivity (Wildman–Crippen MR) is 39.9 cm³/mol. The van der Waals surface area contributed by atoms with E-state index in [1.807, 2.05) is 0 Å². The third kappa shape index (κ3) is 17.7. The maximum Gasteiger partial charge on any atom is 2.00 e. The molecule has 1 atom stereocenters. The Morgan fingerprint density at radius 3 is 2.11 bits per heavy atom. The first kappa shape index (κ1) is 16.8. The minimum absolute atomic E-state index is 0. The summed E-state index contributed by atoms with van der Waals surface area (Å²) < 4.78 is 0. The zero-order valence-corrected chi connectivity index (χ0v) is 9.12. The van der Waals surface area contributed by atoms with E-state index < -0.39 is 12.1 Å². The third-order valence-electron chi connectivity index (χ3n) is 0.470. The van der Waals surface area contributed by atoms with Gasteiger partial charge in [-0.15, -0.1) is 0 Å². The van der Waals surface area contributed by atoms with Crippen LogP contribution in [-0.4, -0.2) is 83.1 Å². The van der Waals surface area contributed by atoms with Gasteiger partial charge < -0.3 is 15.9 Å². The van der Waals surface area contributed by atoms with E-state index in [-0.39, 0.29) is 72.9 Å². The van der Waals surface area contributed by atoms with Gasteiger partial charge in [-0.2, -0.15) is 0 Å². The Balaban J connectivity index is -0.0000000120. The fourth-order valence-corrected chi connectivity index (χ4v) is 0.253. The summed E-state index contributed by atoms with van der Waals surface area (Å²) >= 11 is 0. The Morgan fingerprint density at radius 1 is 1.78 bits per heavy atom. The van der Waals surface area contributed by atoms with Gasteiger partial charge in [-0.3, -0.25) is 4.79 Å². The van der Waals surface area contributed by atoms with Crippen molar-refractivity contribution in [1.82, 2.24) is 0 Å². The van der Waals surface area contributed by atoms with Gasteiger partial charge in [-0.25, -0.2) is 0 Å². The number of carboxylic acids is 1. The maximum absolute atomic E-state index is 9.65. The molecule has 0 aromatic carbocycles. The zero-order valence-electron chi connectivity index (χ0n) is 9.50. The van der Waals surface area contributed by atoms with Crippen molar-refractivity contribution in [1.29, 1.82) is 0 Å². The van der Waals surface area contributed by atoms with Crippen LogP contribution in [0.15, 0.2) is 0 Å². The standard InChI is InChI=1S/C4H8O3.Ca.Mg.4H/c1-3(5)2-4(6)7;;;;;;/h3,5H,2H2,1H3,(H,6,7);;;;;;/q;2*+2;4*-1. The summed E-state index contributed by atoms with van der Waals surface area (Å²) in [5.41, 5.74) is 0. The Bertz CT molecular complexity index is 87.8. The molecule has 0 saturated carbocycles. The molecule has 9 heavy (non-hydrogen) atoms. The predicted octanol–water partition coefficient (Wildman–Crippen LogP) is -0.470. The normalized spacial score (nSPS) is 10.4. The summed E-state index contributed by atoms with van der Waals surface area (Å²) in [5.74, 6) is -0.963. The van der Waals surface area contributed by atoms with Gasteiger partial charge >= 0.3 is 66.8 Å². The molecule has 0 heterocycles. The molecule has 0 bridgehead atoms. The van der Waals surface area contributed by atoms with E-state index in [0.29, 0.717) is 0 Å². The molecule has 50 valence electrons. The second kappa shape index (κ2) is 9.46. The molecule has 0 aromatic heterocycles. The van der Waals surface area contributed by atoms with E-state index in [1.165, 1.54) is 6.92 Å². The molecule has 0 rings (SSSR count). The molecule has 0 radical (unpaired) electrons. The number of aliphatic carboxylic acids is 1. The van der Waals surface area contributed by atoms with Crippen LogP contribution in [0.2, 0.25) is 0 Å². The van der Waals surface area contributed by atoms with E-state index in [1.54, 1.807) is 0 Å². The Labute approximate surface area is 106 Å². The molecule has 1 unspecified atom stereocenters. The van der Waals surface area contributed by atoms with Crippen molar-refractivity contribution < 1.29 is 20.7 Å². The Kier molecular flexibility index (Phi) is 17.7. The third-order valence-corrected chi connectivity index (χ3v) is 0.470. The minimum Gasteiger partial charge on any atom is -1.00 e. The summed E-state index contributed by atoms with van der Waals surface area (Å²) in [7, 11) is 0. The molecule has 0 aliphatic heterocycles. The number of hydrogen-bond acceptors (Lipinski definition) is 2. The summed E-state index contributed by atoms with van der Waals surface area (Å²) in [6.07, 6.45) is -0.891. The van der Waals surface area contributed by atoms with Gasteiger partial charge in [0, 0.05) is 0 Å². The molecule has 2 N–H and O–H groups in total. The second-order valence-corrected chi connectivity index (χ2v) is 1.45. The quantitative estimate of drug-likeness (QED) is 0.554. The molecule has 0 amide bonds. The molecule has 0 aliphatic carbocycles. The average Bonchev–Trinajstić information content (AvgIpc) is 1.27. The summed E-state index contributed by atoms with van der Waals surface area (Å²) in [6, 6.07) is 0. The van der Waals surface area contributed by atoms with Crippen LogP contribution in [0.1, 0.15) is 19.1 Å². The van der Waals surface area contributed by atoms with Crippen LogP contribution in [0.3, 0.4) is 0 Å². The number of aliphatic hydroxyl groups is 1. The van der Waals surface area contributed by atoms with Gasteiger partial charge in [-0.05, 0) is 6.92 Å². The van der Waals surface area contributed by atoms with Crippen LogP contribution < -0.4 is 0 Å². The van der Waals surface area contributed by atoms with E-state index in [2.05, 4.69) is 0 Å². The number of carboxylic acid groups (broad SMARTS) is 1. The van der Waals surface area contributed by atoms with Gasteiger partial charge in [0.25, 0.3) is 0 Å². The van der Waals surface area contributed by atoms with Gasteiger partial charge in [0.1, 0.15) is 0 Å². The fraction of sp³-hybridized carbons (Fsp3) is 0.750. The first-order chi connectivity index (χ1) is 3.13.